The van der Waals surface area contributed by atoms with Crippen molar-refractivity contribution in [1.29, 1.82) is 0 Å². The number of rotatable bonds is 3. The van der Waals surface area contributed by atoms with E-state index in [1.807, 2.05) is 25.9 Å². The number of hydrogen-bond acceptors (Lipinski definition) is 4. The second-order valence-electron chi connectivity index (χ2n) is 11.5. The van der Waals surface area contributed by atoms with Crippen LogP contribution in [0.2, 0.25) is 0 Å². The van der Waals surface area contributed by atoms with Crippen molar-refractivity contribution in [2.45, 2.75) is 95.0 Å². The van der Waals surface area contributed by atoms with Gasteiger partial charge in [0.15, 0.2) is 0 Å². The third kappa shape index (κ3) is 4.52. The molecule has 0 saturated carbocycles. The van der Waals surface area contributed by atoms with Crippen LogP contribution in [0, 0.1) is 0 Å². The Labute approximate surface area is 210 Å². The minimum absolute atomic E-state index is 0.0183. The minimum Gasteiger partial charge on any atom is -0.446 e. The first-order valence-corrected chi connectivity index (χ1v) is 13.6. The molecule has 5 rings (SSSR count). The molecule has 35 heavy (non-hydrogen) atoms. The highest BCUT2D eigenvalue weighted by atomic mass is 16.6. The molecule has 3 saturated heterocycles. The first-order chi connectivity index (χ1) is 16.8. The summed E-state index contributed by atoms with van der Waals surface area (Å²) < 4.78 is 5.69. The van der Waals surface area contributed by atoms with Crippen LogP contribution >= 0.6 is 0 Å². The summed E-state index contributed by atoms with van der Waals surface area (Å²) in [4.78, 5) is 34.2. The maximum Gasteiger partial charge on any atom is 0.410 e. The molecule has 4 aliphatic heterocycles. The summed E-state index contributed by atoms with van der Waals surface area (Å²) >= 11 is 0. The molecule has 1 aromatic carbocycles. The summed E-state index contributed by atoms with van der Waals surface area (Å²) in [5, 5.41) is 0. The van der Waals surface area contributed by atoms with Gasteiger partial charge in [-0.25, -0.2) is 9.59 Å². The molecule has 3 atom stereocenters. The van der Waals surface area contributed by atoms with Crippen molar-refractivity contribution >= 4 is 12.1 Å². The fourth-order valence-corrected chi connectivity index (χ4v) is 7.11. The number of likely N-dealkylation sites (tertiary alicyclic amines) is 1. The van der Waals surface area contributed by atoms with Gasteiger partial charge in [0, 0.05) is 50.7 Å². The summed E-state index contributed by atoms with van der Waals surface area (Å²) in [5.74, 6) is 0. The van der Waals surface area contributed by atoms with E-state index >= 15 is 0 Å². The molecular formula is C28H42N4O3. The van der Waals surface area contributed by atoms with E-state index < -0.39 is 0 Å². The number of carbonyl (C=O) groups excluding carboxylic acids is 2. The first-order valence-electron chi connectivity index (χ1n) is 13.6. The summed E-state index contributed by atoms with van der Waals surface area (Å²) in [5.41, 5.74) is 2.79. The zero-order valence-corrected chi connectivity index (χ0v) is 21.9. The predicted molar refractivity (Wildman–Crippen MR) is 136 cm³/mol. The second-order valence-corrected chi connectivity index (χ2v) is 11.5. The molecule has 0 radical (unpaired) electrons. The molecule has 4 heterocycles. The molecule has 0 N–H and O–H groups in total. The molecule has 192 valence electrons. The van der Waals surface area contributed by atoms with Crippen LogP contribution in [-0.4, -0.2) is 89.7 Å². The molecular weight excluding hydrogens is 440 g/mol. The van der Waals surface area contributed by atoms with E-state index in [9.17, 15) is 9.59 Å². The highest BCUT2D eigenvalue weighted by Gasteiger charge is 2.48. The van der Waals surface area contributed by atoms with Crippen LogP contribution in [0.5, 0.6) is 0 Å². The number of fused-ring (bicyclic) bond motifs is 4. The van der Waals surface area contributed by atoms with Gasteiger partial charge in [-0.05, 0) is 76.1 Å². The SMILES string of the molecule is CC[C@H](C)OC(=O)N1C2CCC1CC(N1CCC3(CC1)CN(C(=O)N(C)C)Cc1ccccc13)C2. The fourth-order valence-electron chi connectivity index (χ4n) is 7.11. The number of amides is 3. The molecule has 2 bridgehead atoms. The number of hydrogen-bond donors (Lipinski definition) is 0. The molecule has 4 aliphatic rings. The number of carbonyl (C=O) groups is 2. The zero-order valence-electron chi connectivity index (χ0n) is 21.9. The third-order valence-corrected chi connectivity index (χ3v) is 9.16. The molecule has 1 spiro atoms. The number of nitrogens with zero attached hydrogens (tertiary/aromatic N) is 4. The van der Waals surface area contributed by atoms with Gasteiger partial charge in [-0.15, -0.1) is 0 Å². The Kier molecular flexibility index (Phi) is 6.73. The molecule has 3 amide bonds. The van der Waals surface area contributed by atoms with Crippen molar-refractivity contribution in [2.75, 3.05) is 33.7 Å². The highest BCUT2D eigenvalue weighted by Crippen LogP contribution is 2.44. The topological polar surface area (TPSA) is 56.3 Å². The molecule has 2 unspecified atom stereocenters. The second kappa shape index (κ2) is 9.64. The maximum atomic E-state index is 12.9. The third-order valence-electron chi connectivity index (χ3n) is 9.16. The lowest BCUT2D eigenvalue weighted by atomic mass is 9.68. The Morgan fingerprint density at radius 3 is 2.37 bits per heavy atom. The predicted octanol–water partition coefficient (Wildman–Crippen LogP) is 4.45. The van der Waals surface area contributed by atoms with E-state index in [0.717, 1.165) is 64.6 Å². The Morgan fingerprint density at radius 1 is 1.09 bits per heavy atom. The van der Waals surface area contributed by atoms with Gasteiger partial charge in [0.2, 0.25) is 0 Å². The van der Waals surface area contributed by atoms with Crippen LogP contribution in [0.4, 0.5) is 9.59 Å². The van der Waals surface area contributed by atoms with Gasteiger partial charge >= 0.3 is 12.1 Å². The number of piperidine rings is 2. The van der Waals surface area contributed by atoms with Gasteiger partial charge in [0.25, 0.3) is 0 Å². The lowest BCUT2D eigenvalue weighted by Crippen LogP contribution is -2.58. The van der Waals surface area contributed by atoms with Gasteiger partial charge in [0.05, 0.1) is 0 Å². The van der Waals surface area contributed by atoms with Crippen LogP contribution in [0.3, 0.4) is 0 Å². The van der Waals surface area contributed by atoms with Crippen LogP contribution < -0.4 is 0 Å². The van der Waals surface area contributed by atoms with Crippen LogP contribution in [-0.2, 0) is 16.7 Å². The van der Waals surface area contributed by atoms with Crippen molar-refractivity contribution in [3.63, 3.8) is 0 Å². The van der Waals surface area contributed by atoms with Crippen LogP contribution in [0.25, 0.3) is 0 Å². The average Bonchev–Trinajstić information content (AvgIpc) is 3.13. The number of ether oxygens (including phenoxy) is 1. The standard InChI is InChI=1S/C28H42N4O3/c1-5-20(2)35-27(34)32-22-10-11-23(32)17-24(16-22)30-14-12-28(13-15-30)19-31(26(33)29(3)4)18-21-8-6-7-9-25(21)28/h6-9,20,22-24H,5,10-19H2,1-4H3/t20-,22?,23?,24?/m0/s1. The van der Waals surface area contributed by atoms with E-state index in [2.05, 4.69) is 41.0 Å². The van der Waals surface area contributed by atoms with Gasteiger partial charge in [0.1, 0.15) is 6.10 Å². The van der Waals surface area contributed by atoms with E-state index in [1.54, 1.807) is 4.90 Å². The molecule has 1 aromatic rings. The largest absolute Gasteiger partial charge is 0.446 e. The van der Waals surface area contributed by atoms with Crippen LogP contribution in [0.1, 0.15) is 69.9 Å². The van der Waals surface area contributed by atoms with Gasteiger partial charge in [-0.2, -0.15) is 0 Å². The van der Waals surface area contributed by atoms with Crippen molar-refractivity contribution in [3.8, 4) is 0 Å². The summed E-state index contributed by atoms with van der Waals surface area (Å²) in [7, 11) is 3.69. The van der Waals surface area contributed by atoms with Crippen molar-refractivity contribution < 1.29 is 14.3 Å². The first kappa shape index (κ1) is 24.4. The van der Waals surface area contributed by atoms with Gasteiger partial charge in [-0.3, -0.25) is 0 Å². The van der Waals surface area contributed by atoms with Gasteiger partial charge in [-0.1, -0.05) is 31.2 Å². The Bertz CT molecular complexity index is 928. The molecule has 0 aromatic heterocycles. The van der Waals surface area contributed by atoms with E-state index in [-0.39, 0.29) is 23.6 Å². The monoisotopic (exact) mass is 482 g/mol. The quantitative estimate of drug-likeness (QED) is 0.639. The number of benzene rings is 1. The number of urea groups is 1. The minimum atomic E-state index is -0.104. The molecule has 7 heteroatoms. The van der Waals surface area contributed by atoms with Crippen LogP contribution in [0.15, 0.2) is 24.3 Å². The summed E-state index contributed by atoms with van der Waals surface area (Å²) in [6.45, 7) is 7.65. The van der Waals surface area contributed by atoms with E-state index in [4.69, 9.17) is 4.74 Å². The van der Waals surface area contributed by atoms with Crippen molar-refractivity contribution in [3.05, 3.63) is 35.4 Å². The maximum absolute atomic E-state index is 12.9. The Morgan fingerprint density at radius 2 is 1.74 bits per heavy atom. The van der Waals surface area contributed by atoms with Crippen molar-refractivity contribution in [1.82, 2.24) is 19.6 Å². The summed E-state index contributed by atoms with van der Waals surface area (Å²) in [6, 6.07) is 10.0. The highest BCUT2D eigenvalue weighted by molar-refractivity contribution is 5.74. The summed E-state index contributed by atoms with van der Waals surface area (Å²) in [6.07, 6.45) is 7.20. The molecule has 7 nitrogen and oxygen atoms in total. The van der Waals surface area contributed by atoms with E-state index in [1.165, 1.54) is 11.1 Å². The Balaban J connectivity index is 1.26. The van der Waals surface area contributed by atoms with Gasteiger partial charge < -0.3 is 24.3 Å². The molecule has 3 fully saturated rings. The zero-order chi connectivity index (χ0) is 24.7. The van der Waals surface area contributed by atoms with Crippen molar-refractivity contribution in [2.24, 2.45) is 0 Å². The molecule has 0 aliphatic carbocycles. The lowest BCUT2D eigenvalue weighted by molar-refractivity contribution is 0.0100. The average molecular weight is 483 g/mol. The lowest BCUT2D eigenvalue weighted by Gasteiger charge is -2.51. The smallest absolute Gasteiger partial charge is 0.410 e. The van der Waals surface area contributed by atoms with E-state index in [0.29, 0.717) is 24.7 Å². The fraction of sp³-hybridized carbons (Fsp3) is 0.714. The Hall–Kier alpha value is -2.28. The normalized spacial score (nSPS) is 28.5.